The molecule has 0 aliphatic carbocycles. The van der Waals surface area contributed by atoms with Crippen LogP contribution in [0, 0.1) is 17.7 Å². The third-order valence-corrected chi connectivity index (χ3v) is 3.76. The number of aliphatic hydroxyl groups is 1. The molecule has 0 spiro atoms. The van der Waals surface area contributed by atoms with Crippen LogP contribution >= 0.6 is 11.3 Å². The molecule has 20 heavy (non-hydrogen) atoms. The summed E-state index contributed by atoms with van der Waals surface area (Å²) in [6.45, 7) is 0.684. The van der Waals surface area contributed by atoms with Crippen LogP contribution in [-0.4, -0.2) is 18.8 Å². The number of para-hydroxylation sites is 1. The summed E-state index contributed by atoms with van der Waals surface area (Å²) in [6, 6.07) is 8.69. The summed E-state index contributed by atoms with van der Waals surface area (Å²) in [5.41, 5.74) is 1.53. The molecule has 2 aromatic rings. The monoisotopic (exact) mass is 289 g/mol. The van der Waals surface area contributed by atoms with Gasteiger partial charge < -0.3 is 10.0 Å². The van der Waals surface area contributed by atoms with Gasteiger partial charge in [-0.1, -0.05) is 24.0 Å². The van der Waals surface area contributed by atoms with Gasteiger partial charge in [0.1, 0.15) is 5.82 Å². The molecule has 0 aliphatic heterocycles. The molecule has 0 saturated heterocycles. The largest absolute Gasteiger partial charge is 0.395 e. The van der Waals surface area contributed by atoms with E-state index in [4.69, 9.17) is 5.11 Å². The van der Waals surface area contributed by atoms with Gasteiger partial charge in [-0.05, 0) is 23.6 Å². The Morgan fingerprint density at radius 3 is 2.85 bits per heavy atom. The topological polar surface area (TPSA) is 23.5 Å². The lowest BCUT2D eigenvalue weighted by Gasteiger charge is -2.19. The molecule has 1 N–H and O–H groups in total. The normalized spacial score (nSPS) is 9.95. The minimum Gasteiger partial charge on any atom is -0.395 e. The van der Waals surface area contributed by atoms with Crippen LogP contribution in [0.25, 0.3) is 0 Å². The Hall–Kier alpha value is -1.83. The van der Waals surface area contributed by atoms with E-state index in [9.17, 15) is 4.39 Å². The smallest absolute Gasteiger partial charge is 0.146 e. The Balaban J connectivity index is 2.13. The van der Waals surface area contributed by atoms with Crippen molar-refractivity contribution in [1.29, 1.82) is 0 Å². The number of hydrogen-bond acceptors (Lipinski definition) is 3. The average Bonchev–Trinajstić information content (AvgIpc) is 2.87. The molecule has 104 valence electrons. The fourth-order valence-corrected chi connectivity index (χ4v) is 2.73. The number of thiophene rings is 1. The average molecular weight is 289 g/mol. The zero-order valence-electron chi connectivity index (χ0n) is 11.3. The molecule has 0 radical (unpaired) electrons. The summed E-state index contributed by atoms with van der Waals surface area (Å²) in [6.07, 6.45) is 0.471. The van der Waals surface area contributed by atoms with E-state index in [2.05, 4.69) is 11.8 Å². The maximum absolute atomic E-state index is 13.7. The van der Waals surface area contributed by atoms with Crippen LogP contribution < -0.4 is 4.90 Å². The summed E-state index contributed by atoms with van der Waals surface area (Å²) in [4.78, 5) is 2.97. The van der Waals surface area contributed by atoms with Crippen LogP contribution in [0.3, 0.4) is 0 Å². The summed E-state index contributed by atoms with van der Waals surface area (Å²) < 4.78 is 13.7. The van der Waals surface area contributed by atoms with Crippen LogP contribution in [-0.2, 0) is 6.54 Å². The Morgan fingerprint density at radius 2 is 2.10 bits per heavy atom. The highest BCUT2D eigenvalue weighted by atomic mass is 32.1. The maximum atomic E-state index is 13.7. The van der Waals surface area contributed by atoms with Gasteiger partial charge in [0.25, 0.3) is 0 Å². The molecule has 0 amide bonds. The first-order valence-electron chi connectivity index (χ1n) is 6.34. The fraction of sp³-hybridized carbons (Fsp3) is 0.250. The minimum absolute atomic E-state index is 0.0710. The van der Waals surface area contributed by atoms with E-state index in [1.165, 1.54) is 6.07 Å². The fourth-order valence-electron chi connectivity index (χ4n) is 1.85. The van der Waals surface area contributed by atoms with E-state index < -0.39 is 0 Å². The van der Waals surface area contributed by atoms with Crippen LogP contribution in [0.15, 0.2) is 35.7 Å². The lowest BCUT2D eigenvalue weighted by atomic mass is 10.2. The Bertz CT molecular complexity index is 627. The summed E-state index contributed by atoms with van der Waals surface area (Å²) >= 11 is 1.61. The first-order valence-corrected chi connectivity index (χ1v) is 7.22. The van der Waals surface area contributed by atoms with Crippen LogP contribution in [0.4, 0.5) is 10.1 Å². The number of aliphatic hydroxyl groups excluding tert-OH is 1. The standard InChI is InChI=1S/C16H16FNOS/c1-18(15-8-3-2-7-14(15)17)12-16-13(9-11-20-16)6-4-5-10-19/h2-3,7-9,11,19H,5,10,12H2,1H3. The second kappa shape index (κ2) is 7.09. The molecule has 0 fully saturated rings. The minimum atomic E-state index is -0.223. The molecule has 4 heteroatoms. The van der Waals surface area contributed by atoms with Gasteiger partial charge in [0.2, 0.25) is 0 Å². The molecular weight excluding hydrogens is 273 g/mol. The second-order valence-electron chi connectivity index (χ2n) is 4.34. The molecule has 0 bridgehead atoms. The summed E-state index contributed by atoms with van der Waals surface area (Å²) in [5, 5.41) is 10.7. The van der Waals surface area contributed by atoms with Crippen molar-refractivity contribution in [3.63, 3.8) is 0 Å². The summed E-state index contributed by atoms with van der Waals surface area (Å²) in [5.74, 6) is 5.74. The molecule has 2 nitrogen and oxygen atoms in total. The first kappa shape index (κ1) is 14.6. The van der Waals surface area contributed by atoms with Crippen molar-refractivity contribution in [3.05, 3.63) is 52.0 Å². The molecule has 1 heterocycles. The van der Waals surface area contributed by atoms with E-state index in [1.54, 1.807) is 23.5 Å². The SMILES string of the molecule is CN(Cc1sccc1C#CCCO)c1ccccc1F. The Labute approximate surface area is 122 Å². The quantitative estimate of drug-likeness (QED) is 0.873. The molecule has 1 aromatic heterocycles. The van der Waals surface area contributed by atoms with Crippen molar-refractivity contribution in [3.8, 4) is 11.8 Å². The van der Waals surface area contributed by atoms with E-state index in [0.717, 1.165) is 10.4 Å². The van der Waals surface area contributed by atoms with Gasteiger partial charge in [0, 0.05) is 23.9 Å². The van der Waals surface area contributed by atoms with Crippen molar-refractivity contribution < 1.29 is 9.50 Å². The highest BCUT2D eigenvalue weighted by Gasteiger charge is 2.10. The van der Waals surface area contributed by atoms with Crippen LogP contribution in [0.1, 0.15) is 16.9 Å². The number of anilines is 1. The predicted molar refractivity (Wildman–Crippen MR) is 81.4 cm³/mol. The van der Waals surface area contributed by atoms with Crippen LogP contribution in [0.5, 0.6) is 0 Å². The third kappa shape index (κ3) is 3.60. The van der Waals surface area contributed by atoms with Gasteiger partial charge >= 0.3 is 0 Å². The zero-order valence-corrected chi connectivity index (χ0v) is 12.1. The molecule has 0 aliphatic rings. The summed E-state index contributed by atoms with van der Waals surface area (Å²) in [7, 11) is 1.86. The van der Waals surface area contributed by atoms with Gasteiger partial charge in [0.05, 0.1) is 18.8 Å². The second-order valence-corrected chi connectivity index (χ2v) is 5.34. The highest BCUT2D eigenvalue weighted by Crippen LogP contribution is 2.23. The van der Waals surface area contributed by atoms with Gasteiger partial charge in [0.15, 0.2) is 0 Å². The van der Waals surface area contributed by atoms with Crippen LogP contribution in [0.2, 0.25) is 0 Å². The lowest BCUT2D eigenvalue weighted by Crippen LogP contribution is -2.17. The van der Waals surface area contributed by atoms with Crippen molar-refractivity contribution in [2.75, 3.05) is 18.6 Å². The molecule has 1 aromatic carbocycles. The lowest BCUT2D eigenvalue weighted by molar-refractivity contribution is 0.305. The number of hydrogen-bond donors (Lipinski definition) is 1. The van der Waals surface area contributed by atoms with Gasteiger partial charge in [-0.3, -0.25) is 0 Å². The number of rotatable bonds is 4. The molecule has 0 unspecified atom stereocenters. The van der Waals surface area contributed by atoms with E-state index in [-0.39, 0.29) is 12.4 Å². The zero-order chi connectivity index (χ0) is 14.4. The molecule has 2 rings (SSSR count). The molecule has 0 saturated carbocycles. The van der Waals surface area contributed by atoms with E-state index in [0.29, 0.717) is 18.7 Å². The van der Waals surface area contributed by atoms with E-state index >= 15 is 0 Å². The Morgan fingerprint density at radius 1 is 1.30 bits per heavy atom. The van der Waals surface area contributed by atoms with Gasteiger partial charge in [-0.2, -0.15) is 0 Å². The van der Waals surface area contributed by atoms with Gasteiger partial charge in [-0.25, -0.2) is 4.39 Å². The Kier molecular flexibility index (Phi) is 5.16. The van der Waals surface area contributed by atoms with Crippen molar-refractivity contribution in [1.82, 2.24) is 0 Å². The third-order valence-electron chi connectivity index (χ3n) is 2.85. The number of benzene rings is 1. The van der Waals surface area contributed by atoms with Crippen molar-refractivity contribution in [2.45, 2.75) is 13.0 Å². The van der Waals surface area contributed by atoms with Crippen molar-refractivity contribution in [2.24, 2.45) is 0 Å². The number of halogens is 1. The molecular formula is C16H16FNOS. The van der Waals surface area contributed by atoms with Crippen molar-refractivity contribution >= 4 is 17.0 Å². The number of nitrogens with zero attached hydrogens (tertiary/aromatic N) is 1. The predicted octanol–water partition coefficient (Wildman–Crippen LogP) is 3.26. The van der Waals surface area contributed by atoms with Gasteiger partial charge in [-0.15, -0.1) is 11.3 Å². The maximum Gasteiger partial charge on any atom is 0.146 e. The first-order chi connectivity index (χ1) is 9.72. The highest BCUT2D eigenvalue weighted by molar-refractivity contribution is 7.10. The van der Waals surface area contributed by atoms with E-state index in [1.807, 2.05) is 29.5 Å². The molecule has 0 atom stereocenters.